The van der Waals surface area contributed by atoms with Gasteiger partial charge in [-0.25, -0.2) is 0 Å². The van der Waals surface area contributed by atoms with Crippen molar-refractivity contribution in [3.8, 4) is 0 Å². The molecule has 64 valence electrons. The normalized spacial score (nSPS) is 24.5. The Labute approximate surface area is 77.9 Å². The van der Waals surface area contributed by atoms with Gasteiger partial charge in [0.15, 0.2) is 0 Å². The maximum Gasteiger partial charge on any atom is 0.00314 e. The second-order valence-corrected chi connectivity index (χ2v) is 4.96. The van der Waals surface area contributed by atoms with E-state index in [2.05, 4.69) is 15.9 Å². The molecular weight excluding hydrogens is 200 g/mol. The van der Waals surface area contributed by atoms with Crippen molar-refractivity contribution in [2.45, 2.75) is 38.5 Å². The fourth-order valence-corrected chi connectivity index (χ4v) is 2.54. The predicted molar refractivity (Wildman–Crippen MR) is 52.0 cm³/mol. The van der Waals surface area contributed by atoms with Crippen LogP contribution < -0.4 is 0 Å². The maximum atomic E-state index is 3.52. The second kappa shape index (κ2) is 3.47. The molecule has 2 fully saturated rings. The lowest BCUT2D eigenvalue weighted by molar-refractivity contribution is 0.375. The molecule has 2 aliphatic rings. The molecule has 0 aliphatic heterocycles. The van der Waals surface area contributed by atoms with Crippen LogP contribution in [-0.2, 0) is 0 Å². The number of halogens is 1. The zero-order valence-corrected chi connectivity index (χ0v) is 8.65. The van der Waals surface area contributed by atoms with Crippen molar-refractivity contribution < 1.29 is 0 Å². The summed E-state index contributed by atoms with van der Waals surface area (Å²) in [6.07, 6.45) is 9.08. The standard InChI is InChI=1S/C10H17Br/c11-7-1-2-10(8-3-4-8)9-5-6-9/h8-10H,1-7H2. The fourth-order valence-electron chi connectivity index (χ4n) is 2.22. The van der Waals surface area contributed by atoms with Crippen LogP contribution in [0.5, 0.6) is 0 Å². The molecule has 0 aromatic carbocycles. The fraction of sp³-hybridized carbons (Fsp3) is 1.00. The van der Waals surface area contributed by atoms with E-state index in [1.165, 1.54) is 18.2 Å². The third kappa shape index (κ3) is 2.21. The summed E-state index contributed by atoms with van der Waals surface area (Å²) >= 11 is 3.52. The summed E-state index contributed by atoms with van der Waals surface area (Å²) in [6.45, 7) is 0. The van der Waals surface area contributed by atoms with Gasteiger partial charge in [0.2, 0.25) is 0 Å². The zero-order valence-electron chi connectivity index (χ0n) is 7.06. The van der Waals surface area contributed by atoms with Gasteiger partial charge in [0.25, 0.3) is 0 Å². The van der Waals surface area contributed by atoms with Gasteiger partial charge in [-0.15, -0.1) is 0 Å². The number of alkyl halides is 1. The quantitative estimate of drug-likeness (QED) is 0.617. The minimum Gasteiger partial charge on any atom is -0.0928 e. The van der Waals surface area contributed by atoms with E-state index < -0.39 is 0 Å². The summed E-state index contributed by atoms with van der Waals surface area (Å²) < 4.78 is 0. The van der Waals surface area contributed by atoms with Gasteiger partial charge in [-0.05, 0) is 56.3 Å². The van der Waals surface area contributed by atoms with Crippen molar-refractivity contribution in [1.82, 2.24) is 0 Å². The first-order valence-corrected chi connectivity index (χ1v) is 6.10. The Kier molecular flexibility index (Phi) is 2.55. The molecule has 2 aliphatic carbocycles. The molecule has 0 aromatic rings. The zero-order chi connectivity index (χ0) is 7.68. The Bertz CT molecular complexity index is 113. The molecule has 0 heterocycles. The van der Waals surface area contributed by atoms with Gasteiger partial charge in [0, 0.05) is 5.33 Å². The van der Waals surface area contributed by atoms with Crippen LogP contribution in [0.3, 0.4) is 0 Å². The van der Waals surface area contributed by atoms with Crippen LogP contribution in [0.2, 0.25) is 0 Å². The highest BCUT2D eigenvalue weighted by Crippen LogP contribution is 2.51. The first kappa shape index (κ1) is 8.10. The molecule has 0 N–H and O–H groups in total. The van der Waals surface area contributed by atoms with Crippen molar-refractivity contribution in [2.75, 3.05) is 5.33 Å². The van der Waals surface area contributed by atoms with Gasteiger partial charge >= 0.3 is 0 Å². The SMILES string of the molecule is BrCCCC(C1CC1)C1CC1. The van der Waals surface area contributed by atoms with Crippen LogP contribution in [0.4, 0.5) is 0 Å². The summed E-state index contributed by atoms with van der Waals surface area (Å²) in [7, 11) is 0. The topological polar surface area (TPSA) is 0 Å². The lowest BCUT2D eigenvalue weighted by atomic mass is 9.93. The van der Waals surface area contributed by atoms with E-state index in [9.17, 15) is 0 Å². The monoisotopic (exact) mass is 216 g/mol. The highest BCUT2D eigenvalue weighted by atomic mass is 79.9. The molecule has 0 radical (unpaired) electrons. The van der Waals surface area contributed by atoms with Crippen LogP contribution in [0.15, 0.2) is 0 Å². The molecule has 0 unspecified atom stereocenters. The lowest BCUT2D eigenvalue weighted by Crippen LogP contribution is -2.05. The predicted octanol–water partition coefficient (Wildman–Crippen LogP) is 3.60. The van der Waals surface area contributed by atoms with Crippen molar-refractivity contribution in [2.24, 2.45) is 17.8 Å². The smallest absolute Gasteiger partial charge is 0.00314 e. The van der Waals surface area contributed by atoms with Crippen LogP contribution in [0.25, 0.3) is 0 Å². The third-order valence-corrected chi connectivity index (χ3v) is 3.69. The molecule has 0 nitrogen and oxygen atoms in total. The summed E-state index contributed by atoms with van der Waals surface area (Å²) in [5.74, 6) is 3.44. The van der Waals surface area contributed by atoms with E-state index in [4.69, 9.17) is 0 Å². The van der Waals surface area contributed by atoms with E-state index in [1.807, 2.05) is 0 Å². The van der Waals surface area contributed by atoms with E-state index in [0.29, 0.717) is 0 Å². The number of hydrogen-bond donors (Lipinski definition) is 0. The molecule has 0 atom stereocenters. The van der Waals surface area contributed by atoms with Crippen LogP contribution >= 0.6 is 15.9 Å². The van der Waals surface area contributed by atoms with Crippen molar-refractivity contribution in [3.63, 3.8) is 0 Å². The van der Waals surface area contributed by atoms with E-state index in [-0.39, 0.29) is 0 Å². The molecule has 0 amide bonds. The lowest BCUT2D eigenvalue weighted by Gasteiger charge is -2.13. The molecule has 0 aromatic heterocycles. The minimum absolute atomic E-state index is 1.13. The molecule has 0 saturated heterocycles. The van der Waals surface area contributed by atoms with Crippen molar-refractivity contribution in [1.29, 1.82) is 0 Å². The Morgan fingerprint density at radius 2 is 1.64 bits per heavy atom. The van der Waals surface area contributed by atoms with E-state index >= 15 is 0 Å². The molecule has 2 rings (SSSR count). The molecule has 11 heavy (non-hydrogen) atoms. The molecule has 1 heteroatoms. The largest absolute Gasteiger partial charge is 0.0928 e. The van der Waals surface area contributed by atoms with Crippen LogP contribution in [0.1, 0.15) is 38.5 Å². The summed E-state index contributed by atoms with van der Waals surface area (Å²) in [5.41, 5.74) is 0. The second-order valence-electron chi connectivity index (χ2n) is 4.17. The highest BCUT2D eigenvalue weighted by molar-refractivity contribution is 9.09. The van der Waals surface area contributed by atoms with Crippen LogP contribution in [-0.4, -0.2) is 5.33 Å². The number of rotatable bonds is 5. The van der Waals surface area contributed by atoms with Crippen LogP contribution in [0, 0.1) is 17.8 Å². The Morgan fingerprint density at radius 3 is 2.00 bits per heavy atom. The van der Waals surface area contributed by atoms with Crippen molar-refractivity contribution >= 4 is 15.9 Å². The molecule has 0 spiro atoms. The Balaban J connectivity index is 1.73. The average molecular weight is 217 g/mol. The molecule has 2 saturated carbocycles. The molecular formula is C10H17Br. The van der Waals surface area contributed by atoms with Crippen molar-refractivity contribution in [3.05, 3.63) is 0 Å². The first-order chi connectivity index (χ1) is 5.42. The average Bonchev–Trinajstić information content (AvgIpc) is 2.85. The number of hydrogen-bond acceptors (Lipinski definition) is 0. The summed E-state index contributed by atoms with van der Waals surface area (Å²) in [4.78, 5) is 0. The van der Waals surface area contributed by atoms with Gasteiger partial charge in [0.05, 0.1) is 0 Å². The highest BCUT2D eigenvalue weighted by Gasteiger charge is 2.40. The third-order valence-electron chi connectivity index (χ3n) is 3.13. The van der Waals surface area contributed by atoms with Gasteiger partial charge in [-0.1, -0.05) is 15.9 Å². The Hall–Kier alpha value is 0.480. The maximum absolute atomic E-state index is 3.52. The first-order valence-electron chi connectivity index (χ1n) is 4.98. The summed E-state index contributed by atoms with van der Waals surface area (Å²) in [6, 6.07) is 0. The van der Waals surface area contributed by atoms with Gasteiger partial charge in [-0.3, -0.25) is 0 Å². The Morgan fingerprint density at radius 1 is 1.09 bits per heavy atom. The van der Waals surface area contributed by atoms with Gasteiger partial charge in [0.1, 0.15) is 0 Å². The van der Waals surface area contributed by atoms with E-state index in [0.717, 1.165) is 17.8 Å². The van der Waals surface area contributed by atoms with E-state index in [1.54, 1.807) is 25.7 Å². The minimum atomic E-state index is 1.13. The summed E-state index contributed by atoms with van der Waals surface area (Å²) in [5, 5.41) is 1.21. The van der Waals surface area contributed by atoms with Gasteiger partial charge < -0.3 is 0 Å². The molecule has 0 bridgehead atoms. The van der Waals surface area contributed by atoms with Gasteiger partial charge in [-0.2, -0.15) is 0 Å².